The van der Waals surface area contributed by atoms with Crippen molar-refractivity contribution >= 4 is 5.91 Å². The standard InChI is InChI=1S/C18H23N3O/c1-14(2)18(16-5-4-10-20-13-16)21(3)17(22)7-6-15-8-11-19-12-9-15/h4-5,8-14,18H,6-7H2,1-3H3/t18-/m1/s1. The van der Waals surface area contributed by atoms with Gasteiger partial charge in [-0.05, 0) is 41.7 Å². The van der Waals surface area contributed by atoms with E-state index >= 15 is 0 Å². The van der Waals surface area contributed by atoms with Crippen LogP contribution in [0.2, 0.25) is 0 Å². The fourth-order valence-electron chi connectivity index (χ4n) is 2.74. The second kappa shape index (κ2) is 7.69. The maximum absolute atomic E-state index is 12.5. The molecule has 0 fully saturated rings. The normalized spacial score (nSPS) is 12.2. The van der Waals surface area contributed by atoms with Gasteiger partial charge in [0.2, 0.25) is 5.91 Å². The highest BCUT2D eigenvalue weighted by molar-refractivity contribution is 5.76. The third-order valence-electron chi connectivity index (χ3n) is 3.84. The zero-order valence-electron chi connectivity index (χ0n) is 13.4. The minimum atomic E-state index is 0.0543. The summed E-state index contributed by atoms with van der Waals surface area (Å²) >= 11 is 0. The van der Waals surface area contributed by atoms with Gasteiger partial charge in [0.1, 0.15) is 0 Å². The van der Waals surface area contributed by atoms with Crippen LogP contribution in [0.5, 0.6) is 0 Å². The van der Waals surface area contributed by atoms with E-state index in [0.29, 0.717) is 12.3 Å². The van der Waals surface area contributed by atoms with E-state index in [0.717, 1.165) is 17.5 Å². The number of amides is 1. The second-order valence-corrected chi connectivity index (χ2v) is 5.84. The molecule has 4 nitrogen and oxygen atoms in total. The Morgan fingerprint density at radius 1 is 1.14 bits per heavy atom. The van der Waals surface area contributed by atoms with Crippen molar-refractivity contribution < 1.29 is 4.79 Å². The van der Waals surface area contributed by atoms with Gasteiger partial charge in [0.15, 0.2) is 0 Å². The van der Waals surface area contributed by atoms with Crippen molar-refractivity contribution in [3.8, 4) is 0 Å². The minimum absolute atomic E-state index is 0.0543. The van der Waals surface area contributed by atoms with Crippen LogP contribution in [0.25, 0.3) is 0 Å². The number of hydrogen-bond donors (Lipinski definition) is 0. The van der Waals surface area contributed by atoms with E-state index in [1.54, 1.807) is 18.6 Å². The molecule has 0 bridgehead atoms. The Balaban J connectivity index is 2.04. The second-order valence-electron chi connectivity index (χ2n) is 5.84. The van der Waals surface area contributed by atoms with Crippen molar-refractivity contribution in [2.75, 3.05) is 7.05 Å². The highest BCUT2D eigenvalue weighted by atomic mass is 16.2. The smallest absolute Gasteiger partial charge is 0.223 e. The summed E-state index contributed by atoms with van der Waals surface area (Å²) in [6.07, 6.45) is 8.36. The number of rotatable bonds is 6. The van der Waals surface area contributed by atoms with E-state index in [-0.39, 0.29) is 11.9 Å². The Kier molecular flexibility index (Phi) is 5.64. The summed E-state index contributed by atoms with van der Waals surface area (Å²) in [4.78, 5) is 22.6. The van der Waals surface area contributed by atoms with E-state index in [2.05, 4.69) is 23.8 Å². The SMILES string of the molecule is CC(C)[C@H](c1cccnc1)N(C)C(=O)CCc1ccncc1. The molecule has 22 heavy (non-hydrogen) atoms. The Morgan fingerprint density at radius 3 is 2.45 bits per heavy atom. The van der Waals surface area contributed by atoms with Gasteiger partial charge in [-0.15, -0.1) is 0 Å². The summed E-state index contributed by atoms with van der Waals surface area (Å²) < 4.78 is 0. The molecule has 0 unspecified atom stereocenters. The maximum atomic E-state index is 12.5. The van der Waals surface area contributed by atoms with Crippen molar-refractivity contribution in [2.24, 2.45) is 5.92 Å². The lowest BCUT2D eigenvalue weighted by Crippen LogP contribution is -2.34. The van der Waals surface area contributed by atoms with Crippen molar-refractivity contribution in [3.05, 3.63) is 60.2 Å². The summed E-state index contributed by atoms with van der Waals surface area (Å²) in [6, 6.07) is 7.91. The van der Waals surface area contributed by atoms with Crippen LogP contribution in [0, 0.1) is 5.92 Å². The molecule has 0 saturated heterocycles. The first-order valence-corrected chi connectivity index (χ1v) is 7.64. The lowest BCUT2D eigenvalue weighted by atomic mass is 9.95. The fourth-order valence-corrected chi connectivity index (χ4v) is 2.74. The van der Waals surface area contributed by atoms with Crippen LogP contribution in [0.15, 0.2) is 49.1 Å². The number of carbonyl (C=O) groups excluding carboxylic acids is 1. The van der Waals surface area contributed by atoms with E-state index in [4.69, 9.17) is 0 Å². The van der Waals surface area contributed by atoms with Crippen LogP contribution in [0.4, 0.5) is 0 Å². The lowest BCUT2D eigenvalue weighted by Gasteiger charge is -2.31. The van der Waals surface area contributed by atoms with Gasteiger partial charge in [-0.25, -0.2) is 0 Å². The molecule has 0 aromatic carbocycles. The van der Waals surface area contributed by atoms with Crippen LogP contribution < -0.4 is 0 Å². The summed E-state index contributed by atoms with van der Waals surface area (Å²) in [5.41, 5.74) is 2.22. The van der Waals surface area contributed by atoms with Crippen molar-refractivity contribution in [1.82, 2.24) is 14.9 Å². The van der Waals surface area contributed by atoms with Crippen LogP contribution in [0.3, 0.4) is 0 Å². The maximum Gasteiger partial charge on any atom is 0.223 e. The predicted molar refractivity (Wildman–Crippen MR) is 87.1 cm³/mol. The van der Waals surface area contributed by atoms with Gasteiger partial charge >= 0.3 is 0 Å². The molecule has 1 atom stereocenters. The summed E-state index contributed by atoms with van der Waals surface area (Å²) in [6.45, 7) is 4.26. The molecule has 2 aromatic rings. The molecule has 1 amide bonds. The van der Waals surface area contributed by atoms with Gasteiger partial charge in [-0.2, -0.15) is 0 Å². The number of hydrogen-bond acceptors (Lipinski definition) is 3. The van der Waals surface area contributed by atoms with Crippen molar-refractivity contribution in [3.63, 3.8) is 0 Å². The van der Waals surface area contributed by atoms with Gasteiger partial charge in [-0.1, -0.05) is 19.9 Å². The van der Waals surface area contributed by atoms with Crippen LogP contribution in [0.1, 0.15) is 37.4 Å². The molecule has 2 rings (SSSR count). The molecular formula is C18H23N3O. The topological polar surface area (TPSA) is 46.1 Å². The molecule has 4 heteroatoms. The first-order chi connectivity index (χ1) is 10.6. The zero-order chi connectivity index (χ0) is 15.9. The predicted octanol–water partition coefficient (Wildman–Crippen LogP) is 3.26. The van der Waals surface area contributed by atoms with Crippen LogP contribution in [-0.2, 0) is 11.2 Å². The number of carbonyl (C=O) groups is 1. The molecule has 0 aliphatic heterocycles. The van der Waals surface area contributed by atoms with Gasteiger partial charge < -0.3 is 4.90 Å². The van der Waals surface area contributed by atoms with Crippen molar-refractivity contribution in [2.45, 2.75) is 32.7 Å². The lowest BCUT2D eigenvalue weighted by molar-refractivity contribution is -0.133. The highest BCUT2D eigenvalue weighted by Gasteiger charge is 2.24. The first-order valence-electron chi connectivity index (χ1n) is 7.64. The molecule has 2 heterocycles. The zero-order valence-corrected chi connectivity index (χ0v) is 13.4. The van der Waals surface area contributed by atoms with E-state index in [9.17, 15) is 4.79 Å². The molecule has 0 saturated carbocycles. The number of pyridine rings is 2. The Labute approximate surface area is 132 Å². The number of nitrogens with zero attached hydrogens (tertiary/aromatic N) is 3. The monoisotopic (exact) mass is 297 g/mol. The van der Waals surface area contributed by atoms with E-state index < -0.39 is 0 Å². The minimum Gasteiger partial charge on any atom is -0.338 e. The van der Waals surface area contributed by atoms with E-state index in [1.165, 1.54) is 0 Å². The third-order valence-corrected chi connectivity index (χ3v) is 3.84. The Morgan fingerprint density at radius 2 is 1.86 bits per heavy atom. The van der Waals surface area contributed by atoms with E-state index in [1.807, 2.05) is 42.4 Å². The van der Waals surface area contributed by atoms with Crippen molar-refractivity contribution in [1.29, 1.82) is 0 Å². The van der Waals surface area contributed by atoms with Crippen LogP contribution in [-0.4, -0.2) is 27.8 Å². The average molecular weight is 297 g/mol. The molecule has 0 aliphatic rings. The third kappa shape index (κ3) is 4.13. The Bertz CT molecular complexity index is 584. The van der Waals surface area contributed by atoms with Gasteiger partial charge in [0.05, 0.1) is 6.04 Å². The van der Waals surface area contributed by atoms with Crippen LogP contribution >= 0.6 is 0 Å². The number of aryl methyl sites for hydroxylation is 1. The van der Waals surface area contributed by atoms with Gasteiger partial charge in [0, 0.05) is 38.3 Å². The molecule has 116 valence electrons. The number of aromatic nitrogens is 2. The van der Waals surface area contributed by atoms with Gasteiger partial charge in [-0.3, -0.25) is 14.8 Å². The average Bonchev–Trinajstić information content (AvgIpc) is 2.54. The fraction of sp³-hybridized carbons (Fsp3) is 0.389. The molecule has 0 radical (unpaired) electrons. The molecular weight excluding hydrogens is 274 g/mol. The summed E-state index contributed by atoms with van der Waals surface area (Å²) in [7, 11) is 1.88. The highest BCUT2D eigenvalue weighted by Crippen LogP contribution is 2.27. The molecule has 0 spiro atoms. The first kappa shape index (κ1) is 16.1. The molecule has 0 N–H and O–H groups in total. The molecule has 2 aromatic heterocycles. The summed E-state index contributed by atoms with van der Waals surface area (Å²) in [5.74, 6) is 0.485. The Hall–Kier alpha value is -2.23. The molecule has 0 aliphatic carbocycles. The quantitative estimate of drug-likeness (QED) is 0.822. The summed E-state index contributed by atoms with van der Waals surface area (Å²) in [5, 5.41) is 0. The van der Waals surface area contributed by atoms with Gasteiger partial charge in [0.25, 0.3) is 0 Å². The largest absolute Gasteiger partial charge is 0.338 e.